The summed E-state index contributed by atoms with van der Waals surface area (Å²) in [5.41, 5.74) is 0.972. The molecule has 0 saturated carbocycles. The standard InChI is InChI=1S/C15H21N3O2S/c1-12-4-5-14(10-13(12)2)21(19,20)17-15(11-16)6-8-18(3)9-7-15/h4-5,10,17H,6-9H2,1-3H3. The fourth-order valence-electron chi connectivity index (χ4n) is 2.43. The maximum Gasteiger partial charge on any atom is 0.241 e. The number of piperidine rings is 1. The van der Waals surface area contributed by atoms with Gasteiger partial charge in [0.1, 0.15) is 5.54 Å². The van der Waals surface area contributed by atoms with E-state index in [9.17, 15) is 13.7 Å². The highest BCUT2D eigenvalue weighted by Crippen LogP contribution is 2.24. The van der Waals surface area contributed by atoms with Gasteiger partial charge in [-0.1, -0.05) is 6.07 Å². The van der Waals surface area contributed by atoms with Crippen LogP contribution in [0, 0.1) is 25.2 Å². The molecule has 21 heavy (non-hydrogen) atoms. The Bertz CT molecular complexity index is 669. The molecule has 1 heterocycles. The molecule has 0 aliphatic carbocycles. The van der Waals surface area contributed by atoms with Crippen molar-refractivity contribution in [2.24, 2.45) is 0 Å². The van der Waals surface area contributed by atoms with E-state index in [-0.39, 0.29) is 4.90 Å². The molecule has 1 aliphatic rings. The van der Waals surface area contributed by atoms with E-state index in [0.29, 0.717) is 25.9 Å². The van der Waals surface area contributed by atoms with Crippen LogP contribution in [0.4, 0.5) is 0 Å². The van der Waals surface area contributed by atoms with Gasteiger partial charge >= 0.3 is 0 Å². The van der Waals surface area contributed by atoms with E-state index < -0.39 is 15.6 Å². The molecule has 114 valence electrons. The van der Waals surface area contributed by atoms with Crippen LogP contribution in [0.5, 0.6) is 0 Å². The number of hydrogen-bond donors (Lipinski definition) is 1. The molecule has 1 aromatic rings. The van der Waals surface area contributed by atoms with Crippen LogP contribution >= 0.6 is 0 Å². The van der Waals surface area contributed by atoms with Gasteiger partial charge in [0.15, 0.2) is 0 Å². The summed E-state index contributed by atoms with van der Waals surface area (Å²) in [6.07, 6.45) is 1.01. The van der Waals surface area contributed by atoms with Crippen molar-refractivity contribution in [2.45, 2.75) is 37.1 Å². The topological polar surface area (TPSA) is 73.2 Å². The summed E-state index contributed by atoms with van der Waals surface area (Å²) in [6, 6.07) is 7.20. The Kier molecular flexibility index (Phi) is 4.38. The molecule has 1 fully saturated rings. The lowest BCUT2D eigenvalue weighted by Crippen LogP contribution is -2.53. The molecule has 0 atom stereocenters. The molecule has 2 rings (SSSR count). The second-order valence-electron chi connectivity index (χ2n) is 5.85. The number of nitriles is 1. The van der Waals surface area contributed by atoms with Gasteiger partial charge in [-0.25, -0.2) is 8.42 Å². The molecule has 0 amide bonds. The quantitative estimate of drug-likeness (QED) is 0.920. The average molecular weight is 307 g/mol. The summed E-state index contributed by atoms with van der Waals surface area (Å²) in [4.78, 5) is 2.32. The molecular formula is C15H21N3O2S. The van der Waals surface area contributed by atoms with E-state index in [1.807, 2.05) is 20.9 Å². The lowest BCUT2D eigenvalue weighted by Gasteiger charge is -2.35. The summed E-state index contributed by atoms with van der Waals surface area (Å²) >= 11 is 0. The van der Waals surface area contributed by atoms with Crippen LogP contribution in [0.2, 0.25) is 0 Å². The predicted molar refractivity (Wildman–Crippen MR) is 81.3 cm³/mol. The summed E-state index contributed by atoms with van der Waals surface area (Å²) < 4.78 is 27.7. The van der Waals surface area contributed by atoms with Gasteiger partial charge in [0.05, 0.1) is 11.0 Å². The van der Waals surface area contributed by atoms with Gasteiger partial charge in [-0.3, -0.25) is 0 Å². The van der Waals surface area contributed by atoms with E-state index in [0.717, 1.165) is 11.1 Å². The molecule has 1 N–H and O–H groups in total. The van der Waals surface area contributed by atoms with Gasteiger partial charge in [-0.15, -0.1) is 0 Å². The molecule has 0 radical (unpaired) electrons. The highest BCUT2D eigenvalue weighted by Gasteiger charge is 2.38. The minimum Gasteiger partial charge on any atom is -0.306 e. The van der Waals surface area contributed by atoms with Gasteiger partial charge in [-0.05, 0) is 57.0 Å². The number of nitrogens with one attached hydrogen (secondary N) is 1. The van der Waals surface area contributed by atoms with Gasteiger partial charge in [0.2, 0.25) is 10.0 Å². The van der Waals surface area contributed by atoms with Crippen molar-refractivity contribution in [3.63, 3.8) is 0 Å². The van der Waals surface area contributed by atoms with Crippen LogP contribution in [0.25, 0.3) is 0 Å². The first-order valence-electron chi connectivity index (χ1n) is 6.99. The smallest absolute Gasteiger partial charge is 0.241 e. The van der Waals surface area contributed by atoms with Crippen LogP contribution in [-0.4, -0.2) is 39.0 Å². The molecule has 0 aromatic heterocycles. The Morgan fingerprint density at radius 2 is 1.86 bits per heavy atom. The maximum atomic E-state index is 12.5. The molecular weight excluding hydrogens is 286 g/mol. The Balaban J connectivity index is 2.28. The number of nitrogens with zero attached hydrogens (tertiary/aromatic N) is 2. The Labute approximate surface area is 126 Å². The van der Waals surface area contributed by atoms with Crippen molar-refractivity contribution in [1.82, 2.24) is 9.62 Å². The van der Waals surface area contributed by atoms with Crippen LogP contribution in [0.3, 0.4) is 0 Å². The Morgan fingerprint density at radius 3 is 2.38 bits per heavy atom. The van der Waals surface area contributed by atoms with E-state index in [4.69, 9.17) is 0 Å². The van der Waals surface area contributed by atoms with Crippen molar-refractivity contribution in [2.75, 3.05) is 20.1 Å². The lowest BCUT2D eigenvalue weighted by atomic mass is 9.91. The van der Waals surface area contributed by atoms with Gasteiger partial charge in [-0.2, -0.15) is 9.98 Å². The van der Waals surface area contributed by atoms with Crippen LogP contribution in [0.15, 0.2) is 23.1 Å². The minimum atomic E-state index is -3.68. The first kappa shape index (κ1) is 16.0. The number of hydrogen-bond acceptors (Lipinski definition) is 4. The molecule has 0 unspecified atom stereocenters. The largest absolute Gasteiger partial charge is 0.306 e. The number of benzene rings is 1. The van der Waals surface area contributed by atoms with Crippen LogP contribution in [0.1, 0.15) is 24.0 Å². The van der Waals surface area contributed by atoms with Crippen LogP contribution < -0.4 is 4.72 Å². The van der Waals surface area contributed by atoms with E-state index >= 15 is 0 Å². The highest BCUT2D eigenvalue weighted by atomic mass is 32.2. The van der Waals surface area contributed by atoms with Crippen molar-refractivity contribution >= 4 is 10.0 Å². The molecule has 0 spiro atoms. The SMILES string of the molecule is Cc1ccc(S(=O)(=O)NC2(C#N)CCN(C)CC2)cc1C. The van der Waals surface area contributed by atoms with Gasteiger partial charge in [0, 0.05) is 13.1 Å². The fraction of sp³-hybridized carbons (Fsp3) is 0.533. The summed E-state index contributed by atoms with van der Waals surface area (Å²) in [7, 11) is -1.71. The molecule has 5 nitrogen and oxygen atoms in total. The Hall–Kier alpha value is -1.42. The predicted octanol–water partition coefficient (Wildman–Crippen LogP) is 1.57. The minimum absolute atomic E-state index is 0.221. The normalized spacial score (nSPS) is 19.1. The molecule has 1 aromatic carbocycles. The summed E-state index contributed by atoms with van der Waals surface area (Å²) in [5, 5.41) is 9.44. The zero-order chi connectivity index (χ0) is 15.7. The average Bonchev–Trinajstić information content (AvgIpc) is 2.44. The second kappa shape index (κ2) is 5.76. The van der Waals surface area contributed by atoms with E-state index in [2.05, 4.69) is 15.7 Å². The maximum absolute atomic E-state index is 12.5. The van der Waals surface area contributed by atoms with Crippen molar-refractivity contribution in [3.05, 3.63) is 29.3 Å². The third kappa shape index (κ3) is 3.43. The molecule has 0 bridgehead atoms. The zero-order valence-corrected chi connectivity index (χ0v) is 13.5. The van der Waals surface area contributed by atoms with Crippen molar-refractivity contribution < 1.29 is 8.42 Å². The van der Waals surface area contributed by atoms with Gasteiger partial charge in [0.25, 0.3) is 0 Å². The number of likely N-dealkylation sites (tertiary alicyclic amines) is 1. The van der Waals surface area contributed by atoms with Crippen molar-refractivity contribution in [3.8, 4) is 6.07 Å². The third-order valence-corrected chi connectivity index (χ3v) is 5.71. The summed E-state index contributed by atoms with van der Waals surface area (Å²) in [6.45, 7) is 5.24. The van der Waals surface area contributed by atoms with Crippen LogP contribution in [-0.2, 0) is 10.0 Å². The fourth-order valence-corrected chi connectivity index (χ4v) is 3.90. The third-order valence-electron chi connectivity index (χ3n) is 4.17. The summed E-state index contributed by atoms with van der Waals surface area (Å²) in [5.74, 6) is 0. The number of sulfonamides is 1. The zero-order valence-electron chi connectivity index (χ0n) is 12.7. The highest BCUT2D eigenvalue weighted by molar-refractivity contribution is 7.89. The second-order valence-corrected chi connectivity index (χ2v) is 7.53. The molecule has 1 saturated heterocycles. The Morgan fingerprint density at radius 1 is 1.24 bits per heavy atom. The number of aryl methyl sites for hydroxylation is 2. The first-order chi connectivity index (χ1) is 9.78. The first-order valence-corrected chi connectivity index (χ1v) is 8.47. The van der Waals surface area contributed by atoms with Gasteiger partial charge < -0.3 is 4.90 Å². The monoisotopic (exact) mass is 307 g/mol. The van der Waals surface area contributed by atoms with E-state index in [1.165, 1.54) is 0 Å². The molecule has 1 aliphatic heterocycles. The molecule has 6 heteroatoms. The lowest BCUT2D eigenvalue weighted by molar-refractivity contribution is 0.213. The van der Waals surface area contributed by atoms with Crippen molar-refractivity contribution in [1.29, 1.82) is 5.26 Å². The number of rotatable bonds is 3. The van der Waals surface area contributed by atoms with E-state index in [1.54, 1.807) is 18.2 Å².